The standard InChI is InChI=1S/C19H31N5O2/c1-15(13-24-8-6-23(3)7-9-24)11-21-19(20-2)22-12-16-4-5-17-18(10-16)26-14-25-17/h4-5,10,15H,6-9,11-14H2,1-3H3,(H2,20,21,22). The molecule has 0 amide bonds. The largest absolute Gasteiger partial charge is 0.454 e. The van der Waals surface area contributed by atoms with Crippen molar-refractivity contribution in [2.75, 3.05) is 60.2 Å². The second-order valence-corrected chi connectivity index (χ2v) is 7.20. The summed E-state index contributed by atoms with van der Waals surface area (Å²) in [6.07, 6.45) is 0. The van der Waals surface area contributed by atoms with E-state index in [0.29, 0.717) is 19.3 Å². The molecule has 1 fully saturated rings. The number of ether oxygens (including phenoxy) is 2. The molecule has 7 heteroatoms. The average Bonchev–Trinajstić information content (AvgIpc) is 3.11. The molecule has 1 aromatic rings. The molecule has 1 saturated heterocycles. The van der Waals surface area contributed by atoms with E-state index < -0.39 is 0 Å². The maximum atomic E-state index is 5.43. The van der Waals surface area contributed by atoms with Crippen LogP contribution in [0.25, 0.3) is 0 Å². The molecule has 0 aromatic heterocycles. The van der Waals surface area contributed by atoms with Crippen LogP contribution in [0.5, 0.6) is 11.5 Å². The van der Waals surface area contributed by atoms with Crippen molar-refractivity contribution >= 4 is 5.96 Å². The Morgan fingerprint density at radius 2 is 1.92 bits per heavy atom. The third-order valence-electron chi connectivity index (χ3n) is 4.90. The quantitative estimate of drug-likeness (QED) is 0.581. The lowest BCUT2D eigenvalue weighted by Gasteiger charge is -2.34. The number of nitrogens with zero attached hydrogens (tertiary/aromatic N) is 3. The van der Waals surface area contributed by atoms with Gasteiger partial charge in [-0.15, -0.1) is 0 Å². The fourth-order valence-corrected chi connectivity index (χ4v) is 3.26. The number of guanidine groups is 1. The highest BCUT2D eigenvalue weighted by Crippen LogP contribution is 2.32. The molecule has 1 aromatic carbocycles. The SMILES string of the molecule is CN=C(NCc1ccc2c(c1)OCO2)NCC(C)CN1CCN(C)CC1. The van der Waals surface area contributed by atoms with Crippen LogP contribution < -0.4 is 20.1 Å². The zero-order chi connectivity index (χ0) is 18.4. The zero-order valence-electron chi connectivity index (χ0n) is 16.1. The lowest BCUT2D eigenvalue weighted by atomic mass is 10.1. The van der Waals surface area contributed by atoms with E-state index in [9.17, 15) is 0 Å². The third kappa shape index (κ3) is 5.25. The number of fused-ring (bicyclic) bond motifs is 1. The molecule has 0 radical (unpaired) electrons. The van der Waals surface area contributed by atoms with Gasteiger partial charge in [0.25, 0.3) is 0 Å². The Labute approximate surface area is 156 Å². The molecule has 2 N–H and O–H groups in total. The van der Waals surface area contributed by atoms with E-state index in [1.165, 1.54) is 13.1 Å². The number of rotatable bonds is 6. The van der Waals surface area contributed by atoms with Crippen LogP contribution in [0, 0.1) is 5.92 Å². The normalized spacial score (nSPS) is 19.4. The van der Waals surface area contributed by atoms with Gasteiger partial charge in [-0.1, -0.05) is 13.0 Å². The fraction of sp³-hybridized carbons (Fsp3) is 0.632. The number of nitrogens with one attached hydrogen (secondary N) is 2. The Bertz CT molecular complexity index is 614. The number of benzene rings is 1. The smallest absolute Gasteiger partial charge is 0.231 e. The van der Waals surface area contributed by atoms with Crippen LogP contribution in [-0.2, 0) is 6.54 Å². The monoisotopic (exact) mass is 361 g/mol. The third-order valence-corrected chi connectivity index (χ3v) is 4.90. The second-order valence-electron chi connectivity index (χ2n) is 7.20. The lowest BCUT2D eigenvalue weighted by Crippen LogP contribution is -2.47. The minimum absolute atomic E-state index is 0.306. The molecule has 2 aliphatic heterocycles. The van der Waals surface area contributed by atoms with Gasteiger partial charge < -0.3 is 29.9 Å². The highest BCUT2D eigenvalue weighted by molar-refractivity contribution is 5.79. The van der Waals surface area contributed by atoms with Crippen LogP contribution in [0.15, 0.2) is 23.2 Å². The molecule has 0 saturated carbocycles. The van der Waals surface area contributed by atoms with Gasteiger partial charge in [-0.25, -0.2) is 0 Å². The highest BCUT2D eigenvalue weighted by atomic mass is 16.7. The van der Waals surface area contributed by atoms with Crippen molar-refractivity contribution in [1.29, 1.82) is 0 Å². The van der Waals surface area contributed by atoms with Gasteiger partial charge in [0, 0.05) is 52.9 Å². The maximum Gasteiger partial charge on any atom is 0.231 e. The van der Waals surface area contributed by atoms with Crippen LogP contribution in [-0.4, -0.2) is 75.9 Å². The number of aliphatic imine (C=N–C) groups is 1. The van der Waals surface area contributed by atoms with Gasteiger partial charge in [0.1, 0.15) is 0 Å². The molecule has 3 rings (SSSR count). The predicted octanol–water partition coefficient (Wildman–Crippen LogP) is 0.964. The van der Waals surface area contributed by atoms with Crippen LogP contribution in [0.4, 0.5) is 0 Å². The number of hydrogen-bond acceptors (Lipinski definition) is 5. The van der Waals surface area contributed by atoms with Crippen molar-refractivity contribution in [2.24, 2.45) is 10.9 Å². The van der Waals surface area contributed by atoms with Crippen LogP contribution in [0.3, 0.4) is 0 Å². The zero-order valence-corrected chi connectivity index (χ0v) is 16.1. The summed E-state index contributed by atoms with van der Waals surface area (Å²) in [5, 5.41) is 6.80. The van der Waals surface area contributed by atoms with Gasteiger partial charge in [0.15, 0.2) is 17.5 Å². The molecule has 2 aliphatic rings. The molecular weight excluding hydrogens is 330 g/mol. The molecule has 1 unspecified atom stereocenters. The van der Waals surface area contributed by atoms with Crippen molar-refractivity contribution in [3.63, 3.8) is 0 Å². The Morgan fingerprint density at radius 3 is 2.69 bits per heavy atom. The molecule has 0 bridgehead atoms. The van der Waals surface area contributed by atoms with Gasteiger partial charge in [0.2, 0.25) is 6.79 Å². The lowest BCUT2D eigenvalue weighted by molar-refractivity contribution is 0.139. The Kier molecular flexibility index (Phi) is 6.57. The minimum atomic E-state index is 0.306. The fourth-order valence-electron chi connectivity index (χ4n) is 3.26. The van der Waals surface area contributed by atoms with E-state index >= 15 is 0 Å². The van der Waals surface area contributed by atoms with Crippen molar-refractivity contribution in [3.05, 3.63) is 23.8 Å². The first-order valence-electron chi connectivity index (χ1n) is 9.38. The number of hydrogen-bond donors (Lipinski definition) is 2. The molecule has 144 valence electrons. The summed E-state index contributed by atoms with van der Waals surface area (Å²) in [5.74, 6) is 3.03. The molecule has 26 heavy (non-hydrogen) atoms. The summed E-state index contributed by atoms with van der Waals surface area (Å²) in [6.45, 7) is 9.99. The van der Waals surface area contributed by atoms with Gasteiger partial charge >= 0.3 is 0 Å². The van der Waals surface area contributed by atoms with E-state index in [2.05, 4.69) is 39.4 Å². The average molecular weight is 361 g/mol. The topological polar surface area (TPSA) is 61.4 Å². The van der Waals surface area contributed by atoms with Crippen molar-refractivity contribution < 1.29 is 9.47 Å². The van der Waals surface area contributed by atoms with Gasteiger partial charge in [-0.05, 0) is 30.7 Å². The second kappa shape index (κ2) is 9.09. The van der Waals surface area contributed by atoms with Crippen LogP contribution >= 0.6 is 0 Å². The van der Waals surface area contributed by atoms with Crippen molar-refractivity contribution in [2.45, 2.75) is 13.5 Å². The minimum Gasteiger partial charge on any atom is -0.454 e. The summed E-state index contributed by atoms with van der Waals surface area (Å²) in [7, 11) is 4.00. The Balaban J connectivity index is 1.39. The summed E-state index contributed by atoms with van der Waals surface area (Å²) in [4.78, 5) is 9.26. The van der Waals surface area contributed by atoms with E-state index in [1.807, 2.05) is 18.2 Å². The first-order valence-corrected chi connectivity index (χ1v) is 9.38. The number of likely N-dealkylation sites (N-methyl/N-ethyl adjacent to an activating group) is 1. The number of piperazine rings is 1. The molecule has 0 aliphatic carbocycles. The van der Waals surface area contributed by atoms with Crippen molar-refractivity contribution in [3.8, 4) is 11.5 Å². The first kappa shape index (κ1) is 18.8. The summed E-state index contributed by atoms with van der Waals surface area (Å²) in [5.41, 5.74) is 1.14. The summed E-state index contributed by atoms with van der Waals surface area (Å²) in [6, 6.07) is 6.01. The van der Waals surface area contributed by atoms with Crippen LogP contribution in [0.1, 0.15) is 12.5 Å². The Morgan fingerprint density at radius 1 is 1.15 bits per heavy atom. The van der Waals surface area contributed by atoms with E-state index in [4.69, 9.17) is 9.47 Å². The van der Waals surface area contributed by atoms with E-state index in [0.717, 1.165) is 49.2 Å². The van der Waals surface area contributed by atoms with E-state index in [-0.39, 0.29) is 0 Å². The first-order chi connectivity index (χ1) is 12.6. The van der Waals surface area contributed by atoms with Gasteiger partial charge in [0.05, 0.1) is 0 Å². The van der Waals surface area contributed by atoms with Gasteiger partial charge in [-0.2, -0.15) is 0 Å². The molecule has 1 atom stereocenters. The Hall–Kier alpha value is -1.99. The molecule has 7 nitrogen and oxygen atoms in total. The van der Waals surface area contributed by atoms with Crippen LogP contribution in [0.2, 0.25) is 0 Å². The maximum absolute atomic E-state index is 5.43. The van der Waals surface area contributed by atoms with E-state index in [1.54, 1.807) is 7.05 Å². The molecule has 2 heterocycles. The van der Waals surface area contributed by atoms with Crippen molar-refractivity contribution in [1.82, 2.24) is 20.4 Å². The van der Waals surface area contributed by atoms with Gasteiger partial charge in [-0.3, -0.25) is 4.99 Å². The summed E-state index contributed by atoms with van der Waals surface area (Å²) < 4.78 is 10.8. The molecule has 0 spiro atoms. The highest BCUT2D eigenvalue weighted by Gasteiger charge is 2.16. The predicted molar refractivity (Wildman–Crippen MR) is 104 cm³/mol. The molecular formula is C19H31N5O2. The summed E-state index contributed by atoms with van der Waals surface area (Å²) >= 11 is 0.